The van der Waals surface area contributed by atoms with Gasteiger partial charge in [-0.1, -0.05) is 13.8 Å². The number of rotatable bonds is 8. The van der Waals surface area contributed by atoms with Gasteiger partial charge in [-0.2, -0.15) is 4.31 Å². The third-order valence-electron chi connectivity index (χ3n) is 6.99. The highest BCUT2D eigenvalue weighted by Gasteiger charge is 2.31. The number of fused-ring (bicyclic) bond motifs is 1. The SMILES string of the molecule is CCCN1CCc2c(sc(NC(=O)c3ccc(S(=O)(=O)N4CCCC(C)C4)cc3)c2C(=O)NC(=O)OCC)C1. The fourth-order valence-electron chi connectivity index (χ4n) is 5.08. The molecule has 0 radical (unpaired) electrons. The van der Waals surface area contributed by atoms with Crippen LogP contribution in [0.5, 0.6) is 0 Å². The van der Waals surface area contributed by atoms with Crippen molar-refractivity contribution in [3.8, 4) is 0 Å². The van der Waals surface area contributed by atoms with Crippen molar-refractivity contribution in [3.05, 3.63) is 45.8 Å². The molecule has 2 N–H and O–H groups in total. The smallest absolute Gasteiger partial charge is 0.414 e. The molecule has 12 heteroatoms. The first kappa shape index (κ1) is 29.2. The van der Waals surface area contributed by atoms with Gasteiger partial charge in [0.1, 0.15) is 5.00 Å². The molecule has 1 saturated heterocycles. The molecule has 2 aliphatic heterocycles. The Balaban J connectivity index is 1.56. The Morgan fingerprint density at radius 1 is 1.10 bits per heavy atom. The van der Waals surface area contributed by atoms with Gasteiger partial charge < -0.3 is 10.1 Å². The number of benzene rings is 1. The number of hydrogen-bond donors (Lipinski definition) is 2. The van der Waals surface area contributed by atoms with Gasteiger partial charge in [-0.15, -0.1) is 11.3 Å². The number of anilines is 1. The Morgan fingerprint density at radius 2 is 1.85 bits per heavy atom. The maximum absolute atomic E-state index is 13.2. The molecular weight excluding hydrogens is 540 g/mol. The molecule has 0 bridgehead atoms. The minimum atomic E-state index is -3.64. The van der Waals surface area contributed by atoms with Crippen molar-refractivity contribution < 1.29 is 27.5 Å². The van der Waals surface area contributed by atoms with Crippen LogP contribution in [-0.4, -0.2) is 68.3 Å². The lowest BCUT2D eigenvalue weighted by atomic mass is 10.0. The molecule has 0 spiro atoms. The minimum absolute atomic E-state index is 0.124. The van der Waals surface area contributed by atoms with Crippen LogP contribution in [0.15, 0.2) is 29.2 Å². The molecule has 1 atom stereocenters. The summed E-state index contributed by atoms with van der Waals surface area (Å²) in [5, 5.41) is 5.44. The second kappa shape index (κ2) is 12.6. The van der Waals surface area contributed by atoms with E-state index in [1.165, 1.54) is 39.9 Å². The number of sulfonamides is 1. The molecular formula is C27H36N4O6S2. The van der Waals surface area contributed by atoms with E-state index in [2.05, 4.69) is 22.5 Å². The van der Waals surface area contributed by atoms with Gasteiger partial charge in [0, 0.05) is 36.6 Å². The zero-order valence-corrected chi connectivity index (χ0v) is 24.3. The second-order valence-corrected chi connectivity index (χ2v) is 13.0. The molecule has 212 valence electrons. The minimum Gasteiger partial charge on any atom is -0.450 e. The molecule has 3 amide bonds. The zero-order chi connectivity index (χ0) is 28.2. The van der Waals surface area contributed by atoms with Gasteiger partial charge in [0.2, 0.25) is 10.0 Å². The molecule has 4 rings (SSSR count). The molecule has 1 aromatic carbocycles. The van der Waals surface area contributed by atoms with Gasteiger partial charge in [-0.25, -0.2) is 13.2 Å². The predicted molar refractivity (Wildman–Crippen MR) is 150 cm³/mol. The van der Waals surface area contributed by atoms with Crippen molar-refractivity contribution in [2.45, 2.75) is 57.9 Å². The van der Waals surface area contributed by atoms with Crippen molar-refractivity contribution in [2.24, 2.45) is 5.92 Å². The van der Waals surface area contributed by atoms with E-state index in [1.807, 2.05) is 6.92 Å². The van der Waals surface area contributed by atoms with Crippen LogP contribution in [0.2, 0.25) is 0 Å². The van der Waals surface area contributed by atoms with Crippen LogP contribution in [0, 0.1) is 5.92 Å². The number of ether oxygens (including phenoxy) is 1. The summed E-state index contributed by atoms with van der Waals surface area (Å²) in [4.78, 5) is 41.7. The van der Waals surface area contributed by atoms with E-state index in [0.717, 1.165) is 42.8 Å². The first-order valence-electron chi connectivity index (χ1n) is 13.4. The number of nitrogens with one attached hydrogen (secondary N) is 2. The van der Waals surface area contributed by atoms with Crippen molar-refractivity contribution in [2.75, 3.05) is 38.1 Å². The van der Waals surface area contributed by atoms with E-state index in [0.29, 0.717) is 37.0 Å². The first-order chi connectivity index (χ1) is 18.6. The molecule has 2 aromatic rings. The van der Waals surface area contributed by atoms with Gasteiger partial charge in [-0.3, -0.25) is 19.8 Å². The van der Waals surface area contributed by atoms with E-state index in [-0.39, 0.29) is 22.6 Å². The highest BCUT2D eigenvalue weighted by Crippen LogP contribution is 2.37. The lowest BCUT2D eigenvalue weighted by Crippen LogP contribution is -2.39. The van der Waals surface area contributed by atoms with Gasteiger partial charge in [0.15, 0.2) is 0 Å². The lowest BCUT2D eigenvalue weighted by molar-refractivity contribution is 0.0924. The van der Waals surface area contributed by atoms with E-state index in [4.69, 9.17) is 4.74 Å². The topological polar surface area (TPSA) is 125 Å². The normalized spacial score (nSPS) is 18.3. The summed E-state index contributed by atoms with van der Waals surface area (Å²) < 4.78 is 32.5. The standard InChI is InChI=1S/C27H36N4O6S2/c1-4-13-30-15-12-21-22(17-30)38-26(23(21)25(33)29-27(34)37-5-2)28-24(32)19-8-10-20(11-9-19)39(35,36)31-14-6-7-18(3)16-31/h8-11,18H,4-7,12-17H2,1-3H3,(H,28,32)(H,29,33,34). The number of thiophene rings is 1. The Bertz CT molecular complexity index is 1320. The van der Waals surface area contributed by atoms with Crippen molar-refractivity contribution in [1.29, 1.82) is 0 Å². The number of hydrogen-bond acceptors (Lipinski definition) is 8. The molecule has 1 unspecified atom stereocenters. The van der Waals surface area contributed by atoms with Crippen molar-refractivity contribution in [1.82, 2.24) is 14.5 Å². The number of alkyl carbamates (subject to hydrolysis) is 1. The van der Waals surface area contributed by atoms with Crippen LogP contribution in [-0.2, 0) is 27.7 Å². The average molecular weight is 577 g/mol. The third kappa shape index (κ3) is 6.68. The number of carbonyl (C=O) groups is 3. The second-order valence-electron chi connectivity index (χ2n) is 10.00. The molecule has 0 aliphatic carbocycles. The Morgan fingerprint density at radius 3 is 2.51 bits per heavy atom. The molecule has 1 fully saturated rings. The van der Waals surface area contributed by atoms with E-state index >= 15 is 0 Å². The average Bonchev–Trinajstić information content (AvgIpc) is 3.26. The summed E-state index contributed by atoms with van der Waals surface area (Å²) in [5.74, 6) is -0.790. The number of imide groups is 1. The van der Waals surface area contributed by atoms with E-state index in [9.17, 15) is 22.8 Å². The molecule has 1 aromatic heterocycles. The zero-order valence-electron chi connectivity index (χ0n) is 22.6. The van der Waals surface area contributed by atoms with Gasteiger partial charge >= 0.3 is 6.09 Å². The quantitative estimate of drug-likeness (QED) is 0.485. The largest absolute Gasteiger partial charge is 0.450 e. The highest BCUT2D eigenvalue weighted by atomic mass is 32.2. The van der Waals surface area contributed by atoms with Crippen LogP contribution in [0.1, 0.15) is 71.2 Å². The number of amides is 3. The summed E-state index contributed by atoms with van der Waals surface area (Å²) in [7, 11) is -3.64. The maximum atomic E-state index is 13.2. The molecule has 2 aliphatic rings. The third-order valence-corrected chi connectivity index (χ3v) is 10.0. The molecule has 10 nitrogen and oxygen atoms in total. The van der Waals surface area contributed by atoms with Gasteiger partial charge in [0.05, 0.1) is 17.1 Å². The van der Waals surface area contributed by atoms with Crippen LogP contribution in [0.3, 0.4) is 0 Å². The Hall–Kier alpha value is -2.80. The summed E-state index contributed by atoms with van der Waals surface area (Å²) >= 11 is 1.32. The summed E-state index contributed by atoms with van der Waals surface area (Å²) in [5.41, 5.74) is 1.35. The van der Waals surface area contributed by atoms with Crippen LogP contribution in [0.4, 0.5) is 9.80 Å². The van der Waals surface area contributed by atoms with E-state index < -0.39 is 27.9 Å². The van der Waals surface area contributed by atoms with Gasteiger partial charge in [0.25, 0.3) is 11.8 Å². The predicted octanol–water partition coefficient (Wildman–Crippen LogP) is 4.08. The fraction of sp³-hybridized carbons (Fsp3) is 0.519. The number of nitrogens with zero attached hydrogens (tertiary/aromatic N) is 2. The van der Waals surface area contributed by atoms with Crippen LogP contribution in [0.25, 0.3) is 0 Å². The maximum Gasteiger partial charge on any atom is 0.414 e. The van der Waals surface area contributed by atoms with E-state index in [1.54, 1.807) is 6.92 Å². The summed E-state index contributed by atoms with van der Waals surface area (Å²) in [6, 6.07) is 5.84. The Kier molecular flexibility index (Phi) is 9.42. The lowest BCUT2D eigenvalue weighted by Gasteiger charge is -2.30. The molecule has 3 heterocycles. The number of carbonyl (C=O) groups excluding carboxylic acids is 3. The summed E-state index contributed by atoms with van der Waals surface area (Å²) in [6.07, 6.45) is 2.61. The molecule has 0 saturated carbocycles. The fourth-order valence-corrected chi connectivity index (χ4v) is 7.96. The first-order valence-corrected chi connectivity index (χ1v) is 15.7. The van der Waals surface area contributed by atoms with Crippen LogP contribution < -0.4 is 10.6 Å². The molecule has 39 heavy (non-hydrogen) atoms. The monoisotopic (exact) mass is 576 g/mol. The summed E-state index contributed by atoms with van der Waals surface area (Å²) in [6.45, 7) is 9.26. The van der Waals surface area contributed by atoms with Crippen molar-refractivity contribution in [3.63, 3.8) is 0 Å². The van der Waals surface area contributed by atoms with Gasteiger partial charge in [-0.05, 0) is 74.9 Å². The van der Waals surface area contributed by atoms with Crippen molar-refractivity contribution >= 4 is 44.3 Å². The number of piperidine rings is 1. The van der Waals surface area contributed by atoms with Crippen LogP contribution >= 0.6 is 11.3 Å². The Labute approximate surface area is 233 Å². The highest BCUT2D eigenvalue weighted by molar-refractivity contribution is 7.89.